The summed E-state index contributed by atoms with van der Waals surface area (Å²) in [4.78, 5) is 0. The number of halogens is 1. The molecule has 0 bridgehead atoms. The van der Waals surface area contributed by atoms with Gasteiger partial charge in [0.15, 0.2) is 0 Å². The first kappa shape index (κ1) is 13.9. The van der Waals surface area contributed by atoms with Gasteiger partial charge in [-0.25, -0.2) is 0 Å². The summed E-state index contributed by atoms with van der Waals surface area (Å²) in [7, 11) is 1.87. The van der Waals surface area contributed by atoms with Crippen molar-refractivity contribution in [3.8, 4) is 0 Å². The maximum absolute atomic E-state index is 6.22. The molecule has 102 valence electrons. The summed E-state index contributed by atoms with van der Waals surface area (Å²) in [5.74, 6) is 0.717. The number of aryl methyl sites for hydroxylation is 2. The number of aromatic nitrogens is 2. The molecule has 0 N–H and O–H groups in total. The Morgan fingerprint density at radius 3 is 2.72 bits per heavy atom. The molecular weight excluding hydrogens is 248 g/mol. The molecule has 1 aromatic heterocycles. The fourth-order valence-corrected chi connectivity index (χ4v) is 3.12. The summed E-state index contributed by atoms with van der Waals surface area (Å²) in [5, 5.41) is 5.02. The monoisotopic (exact) mass is 270 g/mol. The summed E-state index contributed by atoms with van der Waals surface area (Å²) in [6.07, 6.45) is 6.76. The number of nitrogens with zero attached hydrogens (tertiary/aromatic N) is 2. The van der Waals surface area contributed by atoms with Gasteiger partial charge in [0, 0.05) is 12.6 Å². The van der Waals surface area contributed by atoms with E-state index >= 15 is 0 Å². The topological polar surface area (TPSA) is 27.1 Å². The fourth-order valence-electron chi connectivity index (χ4n) is 2.89. The van der Waals surface area contributed by atoms with Gasteiger partial charge in [0.25, 0.3) is 0 Å². The van der Waals surface area contributed by atoms with Gasteiger partial charge in [-0.3, -0.25) is 4.68 Å². The van der Waals surface area contributed by atoms with Gasteiger partial charge in [-0.2, -0.15) is 5.10 Å². The molecule has 18 heavy (non-hydrogen) atoms. The van der Waals surface area contributed by atoms with E-state index in [9.17, 15) is 0 Å². The van der Waals surface area contributed by atoms with Crippen LogP contribution in [0.5, 0.6) is 0 Å². The Morgan fingerprint density at radius 1 is 1.39 bits per heavy atom. The molecule has 0 amide bonds. The van der Waals surface area contributed by atoms with E-state index in [1.54, 1.807) is 4.68 Å². The highest BCUT2D eigenvalue weighted by molar-refractivity contribution is 6.30. The maximum Gasteiger partial charge on any atom is 0.132 e. The zero-order valence-electron chi connectivity index (χ0n) is 11.6. The van der Waals surface area contributed by atoms with Gasteiger partial charge in [0.1, 0.15) is 5.15 Å². The van der Waals surface area contributed by atoms with Crippen LogP contribution in [0.3, 0.4) is 0 Å². The molecule has 2 unspecified atom stereocenters. The van der Waals surface area contributed by atoms with Crippen LogP contribution in [-0.2, 0) is 18.4 Å². The predicted molar refractivity (Wildman–Crippen MR) is 73.8 cm³/mol. The van der Waals surface area contributed by atoms with Crippen LogP contribution in [0.25, 0.3) is 0 Å². The second-order valence-corrected chi connectivity index (χ2v) is 5.64. The lowest BCUT2D eigenvalue weighted by atomic mass is 9.85. The quantitative estimate of drug-likeness (QED) is 0.831. The Hall–Kier alpha value is -0.540. The SMILES string of the molecule is CCC1CCCCC1OCc1c(C)nn(C)c1Cl. The molecule has 1 aliphatic carbocycles. The van der Waals surface area contributed by atoms with Crippen LogP contribution >= 0.6 is 11.6 Å². The standard InChI is InChI=1S/C14H23ClN2O/c1-4-11-7-5-6-8-13(11)18-9-12-10(2)16-17(3)14(12)15/h11,13H,4-9H2,1-3H3. The molecule has 1 aliphatic rings. The highest BCUT2D eigenvalue weighted by Crippen LogP contribution is 2.30. The van der Waals surface area contributed by atoms with Crippen molar-refractivity contribution in [2.75, 3.05) is 0 Å². The summed E-state index contributed by atoms with van der Waals surface area (Å²) in [5.41, 5.74) is 2.02. The zero-order valence-corrected chi connectivity index (χ0v) is 12.3. The smallest absolute Gasteiger partial charge is 0.132 e. The van der Waals surface area contributed by atoms with Crippen LogP contribution in [-0.4, -0.2) is 15.9 Å². The van der Waals surface area contributed by atoms with Crippen molar-refractivity contribution in [3.05, 3.63) is 16.4 Å². The van der Waals surface area contributed by atoms with E-state index < -0.39 is 0 Å². The summed E-state index contributed by atoms with van der Waals surface area (Å²) >= 11 is 6.22. The molecule has 0 saturated heterocycles. The second kappa shape index (κ2) is 6.07. The Bertz CT molecular complexity index is 403. The number of rotatable bonds is 4. The Kier molecular flexibility index (Phi) is 4.68. The van der Waals surface area contributed by atoms with Crippen molar-refractivity contribution in [2.45, 2.75) is 58.7 Å². The largest absolute Gasteiger partial charge is 0.373 e. The van der Waals surface area contributed by atoms with Crippen LogP contribution in [0.4, 0.5) is 0 Å². The molecule has 1 saturated carbocycles. The van der Waals surface area contributed by atoms with Gasteiger partial charge in [0.2, 0.25) is 0 Å². The van der Waals surface area contributed by atoms with Crippen molar-refractivity contribution in [2.24, 2.45) is 13.0 Å². The van der Waals surface area contributed by atoms with E-state index in [2.05, 4.69) is 12.0 Å². The lowest BCUT2D eigenvalue weighted by Crippen LogP contribution is -2.27. The van der Waals surface area contributed by atoms with Crippen LogP contribution in [0, 0.1) is 12.8 Å². The van der Waals surface area contributed by atoms with Crippen molar-refractivity contribution in [3.63, 3.8) is 0 Å². The molecule has 1 heterocycles. The molecule has 2 rings (SSSR count). The van der Waals surface area contributed by atoms with Crippen LogP contribution in [0.15, 0.2) is 0 Å². The lowest BCUT2D eigenvalue weighted by Gasteiger charge is -2.30. The second-order valence-electron chi connectivity index (χ2n) is 5.28. The van der Waals surface area contributed by atoms with Crippen molar-refractivity contribution >= 4 is 11.6 Å². The van der Waals surface area contributed by atoms with Crippen molar-refractivity contribution in [1.29, 1.82) is 0 Å². The van der Waals surface area contributed by atoms with Gasteiger partial charge in [0.05, 0.1) is 18.4 Å². The van der Waals surface area contributed by atoms with E-state index in [1.807, 2.05) is 14.0 Å². The van der Waals surface area contributed by atoms with Crippen molar-refractivity contribution < 1.29 is 4.74 Å². The fraction of sp³-hybridized carbons (Fsp3) is 0.786. The van der Waals surface area contributed by atoms with Gasteiger partial charge >= 0.3 is 0 Å². The third-order valence-electron chi connectivity index (χ3n) is 4.08. The first-order valence-corrected chi connectivity index (χ1v) is 7.30. The number of ether oxygens (including phenoxy) is 1. The van der Waals surface area contributed by atoms with E-state index in [4.69, 9.17) is 16.3 Å². The van der Waals surface area contributed by atoms with E-state index in [0.717, 1.165) is 17.2 Å². The Labute approximate surface area is 114 Å². The third-order valence-corrected chi connectivity index (χ3v) is 4.55. The Balaban J connectivity index is 1.98. The minimum absolute atomic E-state index is 0.402. The molecule has 0 aromatic carbocycles. The normalized spacial score (nSPS) is 24.4. The molecule has 0 spiro atoms. The van der Waals surface area contributed by atoms with Gasteiger partial charge in [-0.05, 0) is 25.7 Å². The first-order valence-electron chi connectivity index (χ1n) is 6.93. The summed E-state index contributed by atoms with van der Waals surface area (Å²) in [6.45, 7) is 4.84. The average molecular weight is 271 g/mol. The highest BCUT2D eigenvalue weighted by atomic mass is 35.5. The van der Waals surface area contributed by atoms with E-state index in [-0.39, 0.29) is 0 Å². The first-order chi connectivity index (χ1) is 8.63. The van der Waals surface area contributed by atoms with Crippen molar-refractivity contribution in [1.82, 2.24) is 9.78 Å². The minimum Gasteiger partial charge on any atom is -0.373 e. The average Bonchev–Trinajstić information content (AvgIpc) is 2.62. The highest BCUT2D eigenvalue weighted by Gasteiger charge is 2.25. The van der Waals surface area contributed by atoms with E-state index in [0.29, 0.717) is 17.9 Å². The summed E-state index contributed by atoms with van der Waals surface area (Å²) < 4.78 is 7.83. The zero-order chi connectivity index (χ0) is 13.1. The lowest BCUT2D eigenvalue weighted by molar-refractivity contribution is -0.0223. The minimum atomic E-state index is 0.402. The molecule has 1 aromatic rings. The molecule has 0 radical (unpaired) electrons. The maximum atomic E-state index is 6.22. The summed E-state index contributed by atoms with van der Waals surface area (Å²) in [6, 6.07) is 0. The van der Waals surface area contributed by atoms with Crippen LogP contribution < -0.4 is 0 Å². The van der Waals surface area contributed by atoms with Crippen LogP contribution in [0.2, 0.25) is 5.15 Å². The molecule has 2 atom stereocenters. The molecule has 0 aliphatic heterocycles. The predicted octanol–water partition coefficient (Wildman–Crippen LogP) is 3.87. The molecule has 1 fully saturated rings. The van der Waals surface area contributed by atoms with Crippen LogP contribution in [0.1, 0.15) is 50.3 Å². The van der Waals surface area contributed by atoms with Gasteiger partial charge < -0.3 is 4.74 Å². The number of hydrogen-bond donors (Lipinski definition) is 0. The van der Waals surface area contributed by atoms with E-state index in [1.165, 1.54) is 32.1 Å². The van der Waals surface area contributed by atoms with Gasteiger partial charge in [-0.1, -0.05) is 37.8 Å². The molecule has 3 nitrogen and oxygen atoms in total. The van der Waals surface area contributed by atoms with Gasteiger partial charge in [-0.15, -0.1) is 0 Å². The number of hydrogen-bond acceptors (Lipinski definition) is 2. The molecular formula is C14H23ClN2O. The third kappa shape index (κ3) is 2.89. The molecule has 4 heteroatoms. The Morgan fingerprint density at radius 2 is 2.11 bits per heavy atom.